The number of amides is 1. The van der Waals surface area contributed by atoms with E-state index >= 15 is 0 Å². The van der Waals surface area contributed by atoms with Crippen LogP contribution in [0.5, 0.6) is 0 Å². The van der Waals surface area contributed by atoms with Crippen LogP contribution in [-0.2, 0) is 0 Å². The van der Waals surface area contributed by atoms with Gasteiger partial charge >= 0.3 is 0 Å². The highest BCUT2D eigenvalue weighted by Gasteiger charge is 2.23. The third-order valence-corrected chi connectivity index (χ3v) is 7.28. The maximum absolute atomic E-state index is 14.1. The lowest BCUT2D eigenvalue weighted by Gasteiger charge is -2.35. The normalized spacial score (nSPS) is 15.4. The number of nitrogens with one attached hydrogen (secondary N) is 1. The van der Waals surface area contributed by atoms with Crippen molar-refractivity contribution in [1.82, 2.24) is 14.8 Å². The van der Waals surface area contributed by atoms with Gasteiger partial charge in [-0.25, -0.2) is 4.39 Å². The highest BCUT2D eigenvalue weighted by molar-refractivity contribution is 8.00. The van der Waals surface area contributed by atoms with Crippen molar-refractivity contribution in [2.24, 2.45) is 0 Å². The number of anilines is 1. The molecule has 3 aromatic rings. The minimum Gasteiger partial charge on any atom is -0.336 e. The van der Waals surface area contributed by atoms with Crippen LogP contribution in [0.2, 0.25) is 0 Å². The quantitative estimate of drug-likeness (QED) is 0.276. The zero-order valence-corrected chi connectivity index (χ0v) is 21.9. The SMILES string of the molecule is C/C=C(F)\C(=C/CC)CN1CCN(C(=O)c2ccc(NSc3cccc4cccnc34)c(C)c2)CC1. The van der Waals surface area contributed by atoms with E-state index in [1.165, 1.54) is 18.0 Å². The summed E-state index contributed by atoms with van der Waals surface area (Å²) in [6.07, 6.45) is 6.07. The smallest absolute Gasteiger partial charge is 0.253 e. The van der Waals surface area contributed by atoms with E-state index in [4.69, 9.17) is 0 Å². The molecule has 0 spiro atoms. The molecule has 1 N–H and O–H groups in total. The monoisotopic (exact) mass is 504 g/mol. The van der Waals surface area contributed by atoms with Crippen molar-refractivity contribution < 1.29 is 9.18 Å². The number of nitrogens with zero attached hydrogens (tertiary/aromatic N) is 3. The van der Waals surface area contributed by atoms with Gasteiger partial charge < -0.3 is 9.62 Å². The molecule has 1 fully saturated rings. The maximum atomic E-state index is 14.1. The van der Waals surface area contributed by atoms with Gasteiger partial charge in [-0.15, -0.1) is 0 Å². The van der Waals surface area contributed by atoms with Crippen molar-refractivity contribution in [3.63, 3.8) is 0 Å². The Bertz CT molecular complexity index is 1280. The lowest BCUT2D eigenvalue weighted by atomic mass is 10.1. The Morgan fingerprint density at radius 1 is 1.14 bits per heavy atom. The topological polar surface area (TPSA) is 48.5 Å². The van der Waals surface area contributed by atoms with E-state index in [-0.39, 0.29) is 11.7 Å². The number of carbonyl (C=O) groups excluding carboxylic acids is 1. The van der Waals surface area contributed by atoms with Crippen molar-refractivity contribution in [3.8, 4) is 0 Å². The molecule has 1 aliphatic rings. The number of para-hydroxylation sites is 1. The number of allylic oxidation sites excluding steroid dienone is 2. The summed E-state index contributed by atoms with van der Waals surface area (Å²) in [4.78, 5) is 22.8. The second-order valence-corrected chi connectivity index (χ2v) is 9.76. The molecule has 2 aromatic carbocycles. The summed E-state index contributed by atoms with van der Waals surface area (Å²) in [7, 11) is 0. The number of fused-ring (bicyclic) bond motifs is 1. The Labute approximate surface area is 217 Å². The standard InChI is InChI=1S/C29H33FN4OS/c1-4-8-24(25(30)5-2)20-33-15-17-34(18-16-33)29(35)23-12-13-26(21(3)19-23)32-36-27-11-6-9-22-10-7-14-31-28(22)27/h5-14,19,32H,4,15-18,20H2,1-3H3/b24-8-,25-5+. The van der Waals surface area contributed by atoms with E-state index in [9.17, 15) is 9.18 Å². The highest BCUT2D eigenvalue weighted by atomic mass is 32.2. The molecule has 0 aliphatic carbocycles. The van der Waals surface area contributed by atoms with Crippen LogP contribution in [0.3, 0.4) is 0 Å². The molecule has 0 saturated carbocycles. The Balaban J connectivity index is 1.35. The molecule has 1 saturated heterocycles. The Morgan fingerprint density at radius 3 is 2.64 bits per heavy atom. The van der Waals surface area contributed by atoms with Crippen LogP contribution >= 0.6 is 11.9 Å². The largest absolute Gasteiger partial charge is 0.336 e. The number of hydrogen-bond acceptors (Lipinski definition) is 5. The Kier molecular flexibility index (Phi) is 8.78. The van der Waals surface area contributed by atoms with Crippen LogP contribution in [0, 0.1) is 6.92 Å². The molecule has 2 heterocycles. The van der Waals surface area contributed by atoms with Gasteiger partial charge in [0.15, 0.2) is 0 Å². The third kappa shape index (κ3) is 6.15. The van der Waals surface area contributed by atoms with Crippen molar-refractivity contribution in [2.45, 2.75) is 32.1 Å². The molecule has 36 heavy (non-hydrogen) atoms. The van der Waals surface area contributed by atoms with Crippen LogP contribution in [0.1, 0.15) is 36.2 Å². The molecular formula is C29H33FN4OS. The molecule has 5 nitrogen and oxygen atoms in total. The number of aromatic nitrogens is 1. The van der Waals surface area contributed by atoms with Gasteiger partial charge in [-0.1, -0.05) is 37.3 Å². The van der Waals surface area contributed by atoms with Crippen molar-refractivity contribution in [1.29, 1.82) is 0 Å². The van der Waals surface area contributed by atoms with Gasteiger partial charge in [0.05, 0.1) is 10.4 Å². The van der Waals surface area contributed by atoms with Crippen molar-refractivity contribution in [3.05, 3.63) is 89.4 Å². The minimum atomic E-state index is -0.158. The highest BCUT2D eigenvalue weighted by Crippen LogP contribution is 2.29. The van der Waals surface area contributed by atoms with Gasteiger partial charge in [0.2, 0.25) is 0 Å². The number of carbonyl (C=O) groups is 1. The van der Waals surface area contributed by atoms with E-state index in [1.807, 2.05) is 61.2 Å². The first kappa shape index (κ1) is 25.9. The molecule has 1 aliphatic heterocycles. The van der Waals surface area contributed by atoms with Crippen molar-refractivity contribution in [2.75, 3.05) is 37.4 Å². The second-order valence-electron chi connectivity index (χ2n) is 8.91. The first-order valence-corrected chi connectivity index (χ1v) is 13.2. The van der Waals surface area contributed by atoms with E-state index in [2.05, 4.69) is 26.7 Å². The first-order chi connectivity index (χ1) is 17.5. The summed E-state index contributed by atoms with van der Waals surface area (Å²) in [5.74, 6) is -0.117. The van der Waals surface area contributed by atoms with Crippen LogP contribution in [0.25, 0.3) is 10.9 Å². The molecule has 0 unspecified atom stereocenters. The average molecular weight is 505 g/mol. The Hall–Kier alpha value is -3.16. The number of aryl methyl sites for hydroxylation is 1. The number of halogens is 1. The number of pyridine rings is 1. The second kappa shape index (κ2) is 12.2. The number of hydrogen-bond donors (Lipinski definition) is 1. The fourth-order valence-electron chi connectivity index (χ4n) is 4.38. The zero-order chi connectivity index (χ0) is 25.5. The summed E-state index contributed by atoms with van der Waals surface area (Å²) in [6, 6.07) is 15.9. The van der Waals surface area contributed by atoms with Crippen LogP contribution in [0.4, 0.5) is 10.1 Å². The molecule has 188 valence electrons. The fraction of sp³-hybridized carbons (Fsp3) is 0.310. The van der Waals surface area contributed by atoms with Crippen LogP contribution in [-0.4, -0.2) is 53.4 Å². The van der Waals surface area contributed by atoms with Gasteiger partial charge in [-0.05, 0) is 73.7 Å². The molecule has 7 heteroatoms. The maximum Gasteiger partial charge on any atom is 0.253 e. The third-order valence-electron chi connectivity index (χ3n) is 6.40. The summed E-state index contributed by atoms with van der Waals surface area (Å²) >= 11 is 1.52. The van der Waals surface area contributed by atoms with Crippen LogP contribution in [0.15, 0.2) is 83.2 Å². The van der Waals surface area contributed by atoms with Gasteiger partial charge in [-0.2, -0.15) is 0 Å². The lowest BCUT2D eigenvalue weighted by molar-refractivity contribution is 0.0647. The number of piperazine rings is 1. The zero-order valence-electron chi connectivity index (χ0n) is 21.1. The Morgan fingerprint density at radius 2 is 1.92 bits per heavy atom. The fourth-order valence-corrected chi connectivity index (χ4v) is 5.24. The van der Waals surface area contributed by atoms with E-state index in [0.717, 1.165) is 52.1 Å². The summed E-state index contributed by atoms with van der Waals surface area (Å²) in [5, 5.41) is 1.10. The molecule has 0 atom stereocenters. The predicted octanol–water partition coefficient (Wildman–Crippen LogP) is 6.63. The van der Waals surface area contributed by atoms with E-state index in [1.54, 1.807) is 13.1 Å². The molecule has 0 bridgehead atoms. The predicted molar refractivity (Wildman–Crippen MR) is 148 cm³/mol. The van der Waals surface area contributed by atoms with E-state index < -0.39 is 0 Å². The number of rotatable bonds is 8. The summed E-state index contributed by atoms with van der Waals surface area (Å²) in [6.45, 7) is 9.07. The molecule has 1 amide bonds. The minimum absolute atomic E-state index is 0.0409. The molecule has 1 aromatic heterocycles. The molecule has 4 rings (SSSR count). The summed E-state index contributed by atoms with van der Waals surface area (Å²) in [5.41, 5.74) is 4.37. The molecular weight excluding hydrogens is 471 g/mol. The molecule has 0 radical (unpaired) electrons. The van der Waals surface area contributed by atoms with Crippen LogP contribution < -0.4 is 4.72 Å². The van der Waals surface area contributed by atoms with Gasteiger partial charge in [0, 0.05) is 55.6 Å². The van der Waals surface area contributed by atoms with Gasteiger partial charge in [0.1, 0.15) is 5.83 Å². The van der Waals surface area contributed by atoms with E-state index in [0.29, 0.717) is 25.2 Å². The van der Waals surface area contributed by atoms with Crippen molar-refractivity contribution >= 4 is 34.4 Å². The lowest BCUT2D eigenvalue weighted by Crippen LogP contribution is -2.49. The first-order valence-electron chi connectivity index (χ1n) is 12.4. The van der Waals surface area contributed by atoms with Gasteiger partial charge in [0.25, 0.3) is 5.91 Å². The number of benzene rings is 2. The average Bonchev–Trinajstić information content (AvgIpc) is 2.91. The summed E-state index contributed by atoms with van der Waals surface area (Å²) < 4.78 is 17.6. The van der Waals surface area contributed by atoms with Gasteiger partial charge in [-0.3, -0.25) is 14.7 Å².